The van der Waals surface area contributed by atoms with Gasteiger partial charge in [0, 0.05) is 13.0 Å². The van der Waals surface area contributed by atoms with E-state index in [9.17, 15) is 14.7 Å². The first-order valence-corrected chi connectivity index (χ1v) is 6.38. The summed E-state index contributed by atoms with van der Waals surface area (Å²) in [4.78, 5) is 22.9. The summed E-state index contributed by atoms with van der Waals surface area (Å²) in [5.74, 6) is -1.31. The second-order valence-corrected chi connectivity index (χ2v) is 5.40. The zero-order chi connectivity index (χ0) is 14.3. The molecule has 18 heavy (non-hydrogen) atoms. The summed E-state index contributed by atoms with van der Waals surface area (Å²) in [5, 5.41) is 20.9. The van der Waals surface area contributed by atoms with Crippen molar-refractivity contribution in [3.05, 3.63) is 0 Å². The van der Waals surface area contributed by atoms with Gasteiger partial charge in [-0.25, -0.2) is 0 Å². The summed E-state index contributed by atoms with van der Waals surface area (Å²) >= 11 is 0. The molecule has 0 aromatic carbocycles. The van der Waals surface area contributed by atoms with E-state index in [4.69, 9.17) is 5.11 Å². The van der Waals surface area contributed by atoms with Crippen LogP contribution >= 0.6 is 0 Å². The number of carboxylic acid groups (broad SMARTS) is 1. The van der Waals surface area contributed by atoms with Gasteiger partial charge in [0.15, 0.2) is 0 Å². The Bertz CT molecular complexity index is 289. The topological polar surface area (TPSA) is 86.6 Å². The fraction of sp³-hybridized carbons (Fsp3) is 0.846. The molecule has 1 amide bonds. The number of carboxylic acids is 1. The molecule has 0 aromatic heterocycles. The first kappa shape index (κ1) is 16.9. The van der Waals surface area contributed by atoms with Gasteiger partial charge in [0.05, 0.1) is 11.5 Å². The van der Waals surface area contributed by atoms with E-state index in [1.165, 1.54) is 0 Å². The van der Waals surface area contributed by atoms with Crippen LogP contribution in [0.25, 0.3) is 0 Å². The fourth-order valence-corrected chi connectivity index (χ4v) is 1.55. The minimum Gasteiger partial charge on any atom is -0.481 e. The molecular formula is C13H25NO4. The molecule has 5 heteroatoms. The highest BCUT2D eigenvalue weighted by Gasteiger charge is 2.38. The first-order chi connectivity index (χ1) is 8.20. The number of carbonyl (C=O) groups is 2. The maximum atomic E-state index is 11.7. The summed E-state index contributed by atoms with van der Waals surface area (Å²) < 4.78 is 0. The molecule has 106 valence electrons. The van der Waals surface area contributed by atoms with Crippen LogP contribution in [0.2, 0.25) is 0 Å². The van der Waals surface area contributed by atoms with Crippen molar-refractivity contribution in [2.45, 2.75) is 53.1 Å². The lowest BCUT2D eigenvalue weighted by Gasteiger charge is -2.28. The van der Waals surface area contributed by atoms with Gasteiger partial charge in [-0.3, -0.25) is 9.59 Å². The Morgan fingerprint density at radius 1 is 1.28 bits per heavy atom. The summed E-state index contributed by atoms with van der Waals surface area (Å²) in [7, 11) is 0. The number of rotatable bonds is 8. The third-order valence-corrected chi connectivity index (χ3v) is 3.41. The lowest BCUT2D eigenvalue weighted by atomic mass is 9.76. The number of hydrogen-bond acceptors (Lipinski definition) is 3. The number of hydrogen-bond donors (Lipinski definition) is 3. The van der Waals surface area contributed by atoms with E-state index in [0.717, 1.165) is 0 Å². The number of aliphatic hydroxyl groups is 1. The average molecular weight is 259 g/mol. The Morgan fingerprint density at radius 2 is 1.83 bits per heavy atom. The van der Waals surface area contributed by atoms with E-state index < -0.39 is 11.4 Å². The molecule has 0 heterocycles. The van der Waals surface area contributed by atoms with E-state index in [1.807, 2.05) is 0 Å². The minimum atomic E-state index is -1.03. The van der Waals surface area contributed by atoms with Crippen molar-refractivity contribution in [1.29, 1.82) is 0 Å². The minimum absolute atomic E-state index is 0.0192. The smallest absolute Gasteiger partial charge is 0.310 e. The molecule has 0 aromatic rings. The van der Waals surface area contributed by atoms with Gasteiger partial charge in [0.1, 0.15) is 0 Å². The molecular weight excluding hydrogens is 234 g/mol. The first-order valence-electron chi connectivity index (χ1n) is 6.38. The van der Waals surface area contributed by atoms with Gasteiger partial charge in [-0.1, -0.05) is 13.8 Å². The van der Waals surface area contributed by atoms with Crippen LogP contribution in [-0.4, -0.2) is 34.7 Å². The zero-order valence-electron chi connectivity index (χ0n) is 11.7. The second-order valence-electron chi connectivity index (χ2n) is 5.40. The maximum absolute atomic E-state index is 11.7. The van der Waals surface area contributed by atoms with Crippen LogP contribution in [0.4, 0.5) is 0 Å². The van der Waals surface area contributed by atoms with Crippen LogP contribution in [0.5, 0.6) is 0 Å². The van der Waals surface area contributed by atoms with Crippen LogP contribution in [0.3, 0.4) is 0 Å². The zero-order valence-corrected chi connectivity index (χ0v) is 11.7. The van der Waals surface area contributed by atoms with Crippen molar-refractivity contribution < 1.29 is 19.8 Å². The number of carbonyl (C=O) groups excluding carboxylic acids is 1. The Hall–Kier alpha value is -1.10. The van der Waals surface area contributed by atoms with Crippen LogP contribution < -0.4 is 5.32 Å². The molecule has 0 bridgehead atoms. The standard InChI is InChI=1S/C13H25NO4/c1-9(2)13(4,12(17)18)8-11(16)14-7-5-6-10(3)15/h9-10,15H,5-8H2,1-4H3,(H,14,16)(H,17,18). The highest BCUT2D eigenvalue weighted by Crippen LogP contribution is 2.31. The van der Waals surface area contributed by atoms with E-state index in [0.29, 0.717) is 19.4 Å². The van der Waals surface area contributed by atoms with Crippen LogP contribution in [0.15, 0.2) is 0 Å². The molecule has 0 saturated heterocycles. The molecule has 2 unspecified atom stereocenters. The molecule has 3 N–H and O–H groups in total. The second kappa shape index (κ2) is 7.36. The monoisotopic (exact) mass is 259 g/mol. The van der Waals surface area contributed by atoms with E-state index >= 15 is 0 Å². The van der Waals surface area contributed by atoms with Gasteiger partial charge in [-0.05, 0) is 32.6 Å². The molecule has 0 aliphatic heterocycles. The number of aliphatic carboxylic acids is 1. The average Bonchev–Trinajstić information content (AvgIpc) is 2.23. The SMILES string of the molecule is CC(O)CCCNC(=O)CC(C)(C(=O)O)C(C)C. The molecule has 0 rings (SSSR count). The normalized spacial score (nSPS) is 16.1. The number of aliphatic hydroxyl groups excluding tert-OH is 1. The van der Waals surface area contributed by atoms with Gasteiger partial charge in [-0.2, -0.15) is 0 Å². The molecule has 0 radical (unpaired) electrons. The fourth-order valence-electron chi connectivity index (χ4n) is 1.55. The number of nitrogens with one attached hydrogen (secondary N) is 1. The van der Waals surface area contributed by atoms with Crippen LogP contribution in [-0.2, 0) is 9.59 Å². The molecule has 0 aliphatic rings. The van der Waals surface area contributed by atoms with Crippen LogP contribution in [0.1, 0.15) is 47.0 Å². The Morgan fingerprint density at radius 3 is 2.22 bits per heavy atom. The van der Waals surface area contributed by atoms with E-state index in [1.54, 1.807) is 27.7 Å². The van der Waals surface area contributed by atoms with Gasteiger partial charge in [-0.15, -0.1) is 0 Å². The molecule has 5 nitrogen and oxygen atoms in total. The molecule has 0 saturated carbocycles. The predicted octanol–water partition coefficient (Wildman–Crippen LogP) is 1.40. The Kier molecular flexibility index (Phi) is 6.91. The van der Waals surface area contributed by atoms with Crippen molar-refractivity contribution in [1.82, 2.24) is 5.32 Å². The summed E-state index contributed by atoms with van der Waals surface area (Å²) in [5.41, 5.74) is -1.03. The van der Waals surface area contributed by atoms with E-state index in [-0.39, 0.29) is 24.3 Å². The molecule has 0 spiro atoms. The van der Waals surface area contributed by atoms with Gasteiger partial charge in [0.25, 0.3) is 0 Å². The number of amides is 1. The van der Waals surface area contributed by atoms with Crippen molar-refractivity contribution in [3.8, 4) is 0 Å². The Balaban J connectivity index is 4.17. The quantitative estimate of drug-likeness (QED) is 0.575. The summed E-state index contributed by atoms with van der Waals surface area (Å²) in [6.07, 6.45) is 0.923. The van der Waals surface area contributed by atoms with Crippen molar-refractivity contribution in [2.24, 2.45) is 11.3 Å². The highest BCUT2D eigenvalue weighted by atomic mass is 16.4. The largest absolute Gasteiger partial charge is 0.481 e. The lowest BCUT2D eigenvalue weighted by Crippen LogP contribution is -2.39. The van der Waals surface area contributed by atoms with Crippen molar-refractivity contribution in [3.63, 3.8) is 0 Å². The van der Waals surface area contributed by atoms with Crippen molar-refractivity contribution >= 4 is 11.9 Å². The maximum Gasteiger partial charge on any atom is 0.310 e. The Labute approximate surface area is 109 Å². The molecule has 0 aliphatic carbocycles. The highest BCUT2D eigenvalue weighted by molar-refractivity contribution is 5.84. The van der Waals surface area contributed by atoms with Crippen LogP contribution in [0, 0.1) is 11.3 Å². The van der Waals surface area contributed by atoms with Crippen molar-refractivity contribution in [2.75, 3.05) is 6.54 Å². The van der Waals surface area contributed by atoms with Gasteiger partial charge < -0.3 is 15.5 Å². The third-order valence-electron chi connectivity index (χ3n) is 3.41. The van der Waals surface area contributed by atoms with Gasteiger partial charge >= 0.3 is 5.97 Å². The summed E-state index contributed by atoms with van der Waals surface area (Å²) in [6.45, 7) is 7.36. The molecule has 0 fully saturated rings. The molecule has 2 atom stereocenters. The van der Waals surface area contributed by atoms with Gasteiger partial charge in [0.2, 0.25) is 5.91 Å². The lowest BCUT2D eigenvalue weighted by molar-refractivity contribution is -0.153. The predicted molar refractivity (Wildman–Crippen MR) is 69.1 cm³/mol. The summed E-state index contributed by atoms with van der Waals surface area (Å²) in [6, 6.07) is 0. The third kappa shape index (κ3) is 5.49. The van der Waals surface area contributed by atoms with E-state index in [2.05, 4.69) is 5.32 Å².